The van der Waals surface area contributed by atoms with Crippen LogP contribution in [0.15, 0.2) is 35.8 Å². The minimum absolute atomic E-state index is 0.277. The van der Waals surface area contributed by atoms with E-state index >= 15 is 0 Å². The van der Waals surface area contributed by atoms with Gasteiger partial charge in [-0.2, -0.15) is 0 Å². The second-order valence-electron chi connectivity index (χ2n) is 4.51. The third-order valence-corrected chi connectivity index (χ3v) is 3.97. The minimum Gasteiger partial charge on any atom is -0.445 e. The van der Waals surface area contributed by atoms with Gasteiger partial charge in [0.1, 0.15) is 17.1 Å². The molecule has 0 atom stereocenters. The Kier molecular flexibility index (Phi) is 3.16. The monoisotopic (exact) mass is 275 g/mol. The molecule has 0 saturated heterocycles. The molecule has 19 heavy (non-hydrogen) atoms. The summed E-state index contributed by atoms with van der Waals surface area (Å²) < 4.78 is 5.21. The molecule has 0 radical (unpaired) electrons. The van der Waals surface area contributed by atoms with Gasteiger partial charge < -0.3 is 10.1 Å². The summed E-state index contributed by atoms with van der Waals surface area (Å²) in [5.41, 5.74) is 2.31. The number of aromatic nitrogens is 2. The molecule has 6 heteroatoms. The van der Waals surface area contributed by atoms with Gasteiger partial charge in [-0.3, -0.25) is 0 Å². The number of nitrogens with zero attached hydrogens (tertiary/aromatic N) is 2. The first kappa shape index (κ1) is 12.1. The van der Waals surface area contributed by atoms with Gasteiger partial charge in [-0.1, -0.05) is 30.3 Å². The fraction of sp³-hybridized carbons (Fsp3) is 0.308. The quantitative estimate of drug-likeness (QED) is 0.931. The molecule has 0 unspecified atom stereocenters. The zero-order valence-corrected chi connectivity index (χ0v) is 11.0. The van der Waals surface area contributed by atoms with Crippen LogP contribution in [0.3, 0.4) is 0 Å². The van der Waals surface area contributed by atoms with Gasteiger partial charge in [-0.05, 0) is 18.4 Å². The van der Waals surface area contributed by atoms with Gasteiger partial charge in [0.15, 0.2) is 0 Å². The Labute approximate surface area is 114 Å². The number of hydrogen-bond donors (Lipinski definition) is 1. The van der Waals surface area contributed by atoms with Crippen LogP contribution in [0.2, 0.25) is 0 Å². The largest absolute Gasteiger partial charge is 0.445 e. The van der Waals surface area contributed by atoms with Crippen molar-refractivity contribution in [2.24, 2.45) is 0 Å². The van der Waals surface area contributed by atoms with Crippen molar-refractivity contribution in [2.45, 2.75) is 25.0 Å². The van der Waals surface area contributed by atoms with Crippen LogP contribution in [0.5, 0.6) is 0 Å². The Balaban J connectivity index is 1.55. The normalized spacial score (nSPS) is 15.8. The number of alkyl carbamates (subject to hydrolysis) is 1. The SMILES string of the molecule is O=C(NC1(c2nncs2)CC1)OCc1ccccc1. The van der Waals surface area contributed by atoms with Crippen LogP contribution in [-0.4, -0.2) is 16.3 Å². The molecule has 0 spiro atoms. The number of carbonyl (C=O) groups excluding carboxylic acids is 1. The summed E-state index contributed by atoms with van der Waals surface area (Å²) in [5, 5.41) is 11.6. The molecule has 1 saturated carbocycles. The van der Waals surface area contributed by atoms with Crippen molar-refractivity contribution in [1.29, 1.82) is 0 Å². The smallest absolute Gasteiger partial charge is 0.408 e. The second kappa shape index (κ2) is 4.97. The summed E-state index contributed by atoms with van der Waals surface area (Å²) >= 11 is 1.46. The van der Waals surface area contributed by atoms with E-state index in [4.69, 9.17) is 4.74 Å². The molecular formula is C13H13N3O2S. The van der Waals surface area contributed by atoms with Crippen LogP contribution in [0.4, 0.5) is 4.79 Å². The van der Waals surface area contributed by atoms with E-state index < -0.39 is 6.09 Å². The Morgan fingerprint density at radius 1 is 1.37 bits per heavy atom. The molecule has 1 aliphatic rings. The minimum atomic E-state index is -0.406. The van der Waals surface area contributed by atoms with E-state index in [1.54, 1.807) is 5.51 Å². The summed E-state index contributed by atoms with van der Waals surface area (Å²) in [6.45, 7) is 0.277. The number of amides is 1. The number of benzene rings is 1. The number of nitrogens with one attached hydrogen (secondary N) is 1. The predicted octanol–water partition coefficient (Wildman–Crippen LogP) is 2.45. The van der Waals surface area contributed by atoms with Crippen molar-refractivity contribution < 1.29 is 9.53 Å². The second-order valence-corrected chi connectivity index (χ2v) is 5.35. The molecule has 1 aromatic carbocycles. The first-order valence-electron chi connectivity index (χ1n) is 6.04. The third-order valence-electron chi connectivity index (χ3n) is 3.07. The molecular weight excluding hydrogens is 262 g/mol. The van der Waals surface area contributed by atoms with Crippen LogP contribution in [-0.2, 0) is 16.9 Å². The highest BCUT2D eigenvalue weighted by molar-refractivity contribution is 7.09. The van der Waals surface area contributed by atoms with Crippen molar-refractivity contribution in [3.63, 3.8) is 0 Å². The molecule has 1 heterocycles. The first-order chi connectivity index (χ1) is 9.28. The number of ether oxygens (including phenoxy) is 1. The van der Waals surface area contributed by atoms with E-state index in [0.717, 1.165) is 23.4 Å². The van der Waals surface area contributed by atoms with Crippen molar-refractivity contribution in [2.75, 3.05) is 0 Å². The van der Waals surface area contributed by atoms with Gasteiger partial charge in [0.25, 0.3) is 0 Å². The van der Waals surface area contributed by atoms with E-state index in [9.17, 15) is 4.79 Å². The van der Waals surface area contributed by atoms with Gasteiger partial charge in [-0.25, -0.2) is 4.79 Å². The predicted molar refractivity (Wildman–Crippen MR) is 70.6 cm³/mol. The molecule has 1 aliphatic carbocycles. The maximum Gasteiger partial charge on any atom is 0.408 e. The molecule has 1 aromatic heterocycles. The fourth-order valence-corrected chi connectivity index (χ4v) is 2.62. The van der Waals surface area contributed by atoms with E-state index in [1.165, 1.54) is 11.3 Å². The summed E-state index contributed by atoms with van der Waals surface area (Å²) in [4.78, 5) is 11.8. The highest BCUT2D eigenvalue weighted by Gasteiger charge is 2.49. The van der Waals surface area contributed by atoms with E-state index in [0.29, 0.717) is 0 Å². The molecule has 1 N–H and O–H groups in total. The lowest BCUT2D eigenvalue weighted by atomic mass is 10.2. The Morgan fingerprint density at radius 2 is 2.16 bits per heavy atom. The van der Waals surface area contributed by atoms with E-state index in [1.807, 2.05) is 30.3 Å². The van der Waals surface area contributed by atoms with Gasteiger partial charge in [0.2, 0.25) is 0 Å². The van der Waals surface area contributed by atoms with Gasteiger partial charge in [0.05, 0.1) is 5.54 Å². The summed E-state index contributed by atoms with van der Waals surface area (Å²) in [5.74, 6) is 0. The lowest BCUT2D eigenvalue weighted by Gasteiger charge is -2.14. The van der Waals surface area contributed by atoms with Gasteiger partial charge in [0, 0.05) is 0 Å². The molecule has 3 rings (SSSR count). The Morgan fingerprint density at radius 3 is 2.79 bits per heavy atom. The number of rotatable bonds is 4. The van der Waals surface area contributed by atoms with Crippen LogP contribution in [0, 0.1) is 0 Å². The molecule has 0 aliphatic heterocycles. The van der Waals surface area contributed by atoms with Crippen LogP contribution >= 0.6 is 11.3 Å². The fourth-order valence-electron chi connectivity index (χ4n) is 1.85. The van der Waals surface area contributed by atoms with Crippen molar-refractivity contribution >= 4 is 17.4 Å². The molecule has 1 fully saturated rings. The zero-order chi connectivity index (χ0) is 13.1. The van der Waals surface area contributed by atoms with Crippen molar-refractivity contribution in [3.05, 3.63) is 46.4 Å². The summed E-state index contributed by atoms with van der Waals surface area (Å²) in [6, 6.07) is 9.61. The number of carbonyl (C=O) groups is 1. The highest BCUT2D eigenvalue weighted by Crippen LogP contribution is 2.45. The standard InChI is InChI=1S/C13H13N3O2S/c17-12(18-8-10-4-2-1-3-5-10)15-13(6-7-13)11-16-14-9-19-11/h1-5,9H,6-8H2,(H,15,17). The van der Waals surface area contributed by atoms with Crippen LogP contribution in [0.25, 0.3) is 0 Å². The lowest BCUT2D eigenvalue weighted by Crippen LogP contribution is -2.35. The van der Waals surface area contributed by atoms with Crippen molar-refractivity contribution in [1.82, 2.24) is 15.5 Å². The maximum absolute atomic E-state index is 11.8. The molecule has 98 valence electrons. The van der Waals surface area contributed by atoms with Gasteiger partial charge in [-0.15, -0.1) is 21.5 Å². The van der Waals surface area contributed by atoms with E-state index in [2.05, 4.69) is 15.5 Å². The van der Waals surface area contributed by atoms with Gasteiger partial charge >= 0.3 is 6.09 Å². The third kappa shape index (κ3) is 2.73. The van der Waals surface area contributed by atoms with Crippen LogP contribution < -0.4 is 5.32 Å². The average Bonchev–Trinajstić information content (AvgIpc) is 3.01. The average molecular weight is 275 g/mol. The molecule has 5 nitrogen and oxygen atoms in total. The lowest BCUT2D eigenvalue weighted by molar-refractivity contribution is 0.134. The van der Waals surface area contributed by atoms with E-state index in [-0.39, 0.29) is 12.1 Å². The number of hydrogen-bond acceptors (Lipinski definition) is 5. The van der Waals surface area contributed by atoms with Crippen molar-refractivity contribution in [3.8, 4) is 0 Å². The first-order valence-corrected chi connectivity index (χ1v) is 6.92. The Hall–Kier alpha value is -1.95. The Bertz CT molecular complexity index is 553. The summed E-state index contributed by atoms with van der Waals surface area (Å²) in [6.07, 6.45) is 1.38. The molecule has 0 bridgehead atoms. The molecule has 2 aromatic rings. The topological polar surface area (TPSA) is 64.1 Å². The van der Waals surface area contributed by atoms with Crippen LogP contribution in [0.1, 0.15) is 23.4 Å². The maximum atomic E-state index is 11.8. The highest BCUT2D eigenvalue weighted by atomic mass is 32.1. The molecule has 1 amide bonds. The zero-order valence-electron chi connectivity index (χ0n) is 10.2. The summed E-state index contributed by atoms with van der Waals surface area (Å²) in [7, 11) is 0.